The van der Waals surface area contributed by atoms with Crippen LogP contribution in [0.2, 0.25) is 0 Å². The molecule has 116 valence electrons. The van der Waals surface area contributed by atoms with E-state index in [1.54, 1.807) is 12.1 Å². The summed E-state index contributed by atoms with van der Waals surface area (Å²) in [7, 11) is 1.93. The van der Waals surface area contributed by atoms with Crippen molar-refractivity contribution in [2.75, 3.05) is 7.05 Å². The highest BCUT2D eigenvalue weighted by atomic mass is 19.3. The Morgan fingerprint density at radius 3 is 2.43 bits per heavy atom. The number of nitrogens with one attached hydrogen (secondary N) is 2. The van der Waals surface area contributed by atoms with E-state index in [1.807, 2.05) is 7.05 Å². The van der Waals surface area contributed by atoms with Gasteiger partial charge in [0.2, 0.25) is 0 Å². The topological polar surface area (TPSA) is 50.4 Å². The van der Waals surface area contributed by atoms with Crippen molar-refractivity contribution in [3.8, 4) is 5.75 Å². The Labute approximate surface area is 122 Å². The van der Waals surface area contributed by atoms with Gasteiger partial charge in [0.1, 0.15) is 5.75 Å². The molecule has 2 N–H and O–H groups in total. The van der Waals surface area contributed by atoms with Crippen LogP contribution in [0, 0.1) is 0 Å². The fourth-order valence-corrected chi connectivity index (χ4v) is 2.64. The molecule has 1 aliphatic carbocycles. The van der Waals surface area contributed by atoms with E-state index in [0.29, 0.717) is 6.04 Å². The number of carbonyl (C=O) groups is 1. The highest BCUT2D eigenvalue weighted by molar-refractivity contribution is 5.97. The SMILES string of the molecule is CNC1CCC(NC(=O)c2ccccc2OC(F)F)CC1. The van der Waals surface area contributed by atoms with E-state index in [4.69, 9.17) is 0 Å². The van der Waals surface area contributed by atoms with E-state index in [-0.39, 0.29) is 23.3 Å². The first-order valence-electron chi connectivity index (χ1n) is 7.12. The molecule has 2 rings (SSSR count). The monoisotopic (exact) mass is 298 g/mol. The number of hydrogen-bond donors (Lipinski definition) is 2. The Balaban J connectivity index is 1.97. The van der Waals surface area contributed by atoms with Gasteiger partial charge in [0.05, 0.1) is 5.56 Å². The molecule has 0 atom stereocenters. The van der Waals surface area contributed by atoms with Crippen molar-refractivity contribution in [1.82, 2.24) is 10.6 Å². The lowest BCUT2D eigenvalue weighted by Gasteiger charge is -2.29. The van der Waals surface area contributed by atoms with Crippen molar-refractivity contribution in [3.63, 3.8) is 0 Å². The Morgan fingerprint density at radius 1 is 1.19 bits per heavy atom. The summed E-state index contributed by atoms with van der Waals surface area (Å²) >= 11 is 0. The van der Waals surface area contributed by atoms with Crippen LogP contribution in [-0.2, 0) is 0 Å². The third-order valence-electron chi connectivity index (χ3n) is 3.82. The van der Waals surface area contributed by atoms with Gasteiger partial charge in [0.25, 0.3) is 5.91 Å². The maximum atomic E-state index is 12.3. The van der Waals surface area contributed by atoms with Crippen molar-refractivity contribution in [2.24, 2.45) is 0 Å². The standard InChI is InChI=1S/C15H20F2N2O2/c1-18-10-6-8-11(9-7-10)19-14(20)12-4-2-3-5-13(12)21-15(16)17/h2-5,10-11,15,18H,6-9H2,1H3,(H,19,20). The number of ether oxygens (including phenoxy) is 1. The Bertz CT molecular complexity index is 474. The fourth-order valence-electron chi connectivity index (χ4n) is 2.64. The summed E-state index contributed by atoms with van der Waals surface area (Å²) in [6, 6.07) is 6.64. The molecule has 21 heavy (non-hydrogen) atoms. The minimum atomic E-state index is -2.94. The van der Waals surface area contributed by atoms with Gasteiger partial charge in [-0.2, -0.15) is 8.78 Å². The van der Waals surface area contributed by atoms with E-state index >= 15 is 0 Å². The zero-order chi connectivity index (χ0) is 15.2. The molecule has 0 radical (unpaired) electrons. The largest absolute Gasteiger partial charge is 0.434 e. The number of rotatable bonds is 5. The Morgan fingerprint density at radius 2 is 1.81 bits per heavy atom. The van der Waals surface area contributed by atoms with Gasteiger partial charge >= 0.3 is 6.61 Å². The summed E-state index contributed by atoms with van der Waals surface area (Å²) in [5.74, 6) is -0.451. The van der Waals surface area contributed by atoms with Gasteiger partial charge in [-0.1, -0.05) is 12.1 Å². The van der Waals surface area contributed by atoms with Crippen LogP contribution in [0.25, 0.3) is 0 Å². The van der Waals surface area contributed by atoms with Gasteiger partial charge in [0, 0.05) is 12.1 Å². The summed E-state index contributed by atoms with van der Waals surface area (Å²) < 4.78 is 29.1. The molecular weight excluding hydrogens is 278 g/mol. The molecule has 1 saturated carbocycles. The van der Waals surface area contributed by atoms with Crippen molar-refractivity contribution in [3.05, 3.63) is 29.8 Å². The number of carbonyl (C=O) groups excluding carboxylic acids is 1. The van der Waals surface area contributed by atoms with Crippen molar-refractivity contribution >= 4 is 5.91 Å². The minimum Gasteiger partial charge on any atom is -0.434 e. The van der Waals surface area contributed by atoms with Crippen molar-refractivity contribution in [1.29, 1.82) is 0 Å². The lowest BCUT2D eigenvalue weighted by atomic mass is 9.91. The fraction of sp³-hybridized carbons (Fsp3) is 0.533. The van der Waals surface area contributed by atoms with Crippen LogP contribution in [0.1, 0.15) is 36.0 Å². The Hall–Kier alpha value is -1.69. The number of halogens is 2. The highest BCUT2D eigenvalue weighted by Crippen LogP contribution is 2.22. The summed E-state index contributed by atoms with van der Waals surface area (Å²) in [5, 5.41) is 6.13. The summed E-state index contributed by atoms with van der Waals surface area (Å²) in [6.07, 6.45) is 3.76. The molecule has 0 unspecified atom stereocenters. The minimum absolute atomic E-state index is 0.0849. The normalized spacial score (nSPS) is 22.1. The zero-order valence-electron chi connectivity index (χ0n) is 11.9. The lowest BCUT2D eigenvalue weighted by molar-refractivity contribution is -0.0501. The van der Waals surface area contributed by atoms with E-state index in [0.717, 1.165) is 25.7 Å². The summed E-state index contributed by atoms with van der Waals surface area (Å²) in [5.41, 5.74) is 0.147. The highest BCUT2D eigenvalue weighted by Gasteiger charge is 2.23. The average Bonchev–Trinajstić information content (AvgIpc) is 2.48. The average molecular weight is 298 g/mol. The molecule has 0 heterocycles. The van der Waals surface area contributed by atoms with Gasteiger partial charge in [-0.05, 0) is 44.9 Å². The molecule has 1 fully saturated rings. The predicted molar refractivity (Wildman–Crippen MR) is 75.6 cm³/mol. The summed E-state index contributed by atoms with van der Waals surface area (Å²) in [6.45, 7) is -2.94. The van der Waals surface area contributed by atoms with E-state index in [1.165, 1.54) is 12.1 Å². The lowest BCUT2D eigenvalue weighted by Crippen LogP contribution is -2.41. The molecule has 0 spiro atoms. The first-order chi connectivity index (χ1) is 10.1. The molecule has 1 aromatic carbocycles. The second-order valence-electron chi connectivity index (χ2n) is 5.19. The third kappa shape index (κ3) is 4.39. The van der Waals surface area contributed by atoms with Gasteiger partial charge in [-0.15, -0.1) is 0 Å². The van der Waals surface area contributed by atoms with Crippen molar-refractivity contribution in [2.45, 2.75) is 44.4 Å². The summed E-state index contributed by atoms with van der Waals surface area (Å²) in [4.78, 5) is 12.2. The molecule has 4 nitrogen and oxygen atoms in total. The van der Waals surface area contributed by atoms with Crippen LogP contribution in [0.3, 0.4) is 0 Å². The van der Waals surface area contributed by atoms with Crippen LogP contribution in [0.15, 0.2) is 24.3 Å². The molecule has 0 bridgehead atoms. The zero-order valence-corrected chi connectivity index (χ0v) is 11.9. The quantitative estimate of drug-likeness (QED) is 0.878. The van der Waals surface area contributed by atoms with Crippen LogP contribution < -0.4 is 15.4 Å². The number of para-hydroxylation sites is 1. The van der Waals surface area contributed by atoms with Crippen LogP contribution in [0.4, 0.5) is 8.78 Å². The van der Waals surface area contributed by atoms with Crippen LogP contribution in [0.5, 0.6) is 5.75 Å². The van der Waals surface area contributed by atoms with Gasteiger partial charge in [0.15, 0.2) is 0 Å². The first-order valence-corrected chi connectivity index (χ1v) is 7.12. The first kappa shape index (κ1) is 15.7. The second-order valence-corrected chi connectivity index (χ2v) is 5.19. The molecule has 1 aliphatic rings. The second kappa shape index (κ2) is 7.36. The predicted octanol–water partition coefficient (Wildman–Crippen LogP) is 2.55. The van der Waals surface area contributed by atoms with Crippen LogP contribution in [-0.4, -0.2) is 31.7 Å². The van der Waals surface area contributed by atoms with E-state index in [9.17, 15) is 13.6 Å². The number of amides is 1. The number of alkyl halides is 2. The Kier molecular flexibility index (Phi) is 5.50. The molecular formula is C15H20F2N2O2. The van der Waals surface area contributed by atoms with E-state index in [2.05, 4.69) is 15.4 Å². The molecule has 1 amide bonds. The molecule has 1 aromatic rings. The van der Waals surface area contributed by atoms with Gasteiger partial charge in [-0.3, -0.25) is 4.79 Å². The maximum absolute atomic E-state index is 12.3. The van der Waals surface area contributed by atoms with Gasteiger partial charge < -0.3 is 15.4 Å². The molecule has 0 aliphatic heterocycles. The van der Waals surface area contributed by atoms with Gasteiger partial charge in [-0.25, -0.2) is 0 Å². The molecule has 6 heteroatoms. The van der Waals surface area contributed by atoms with Crippen LogP contribution >= 0.6 is 0 Å². The number of benzene rings is 1. The third-order valence-corrected chi connectivity index (χ3v) is 3.82. The van der Waals surface area contributed by atoms with E-state index < -0.39 is 6.61 Å². The maximum Gasteiger partial charge on any atom is 0.387 e. The van der Waals surface area contributed by atoms with Crippen molar-refractivity contribution < 1.29 is 18.3 Å². The smallest absolute Gasteiger partial charge is 0.387 e. The molecule has 0 aromatic heterocycles. The number of hydrogen-bond acceptors (Lipinski definition) is 3. The molecule has 0 saturated heterocycles.